The minimum absolute atomic E-state index is 0.0348. The number of nitrogen functional groups attached to an aromatic ring is 1. The SMILES string of the molecule is Nc1ccc(-c2cccc(C(=O)O)c2)c(O)c1. The molecule has 0 saturated heterocycles. The number of anilines is 1. The van der Waals surface area contributed by atoms with Crippen LogP contribution in [0.5, 0.6) is 5.75 Å². The van der Waals surface area contributed by atoms with Crippen LogP contribution >= 0.6 is 0 Å². The topological polar surface area (TPSA) is 83.6 Å². The first-order chi connectivity index (χ1) is 8.08. The van der Waals surface area contributed by atoms with Gasteiger partial charge in [0.1, 0.15) is 5.75 Å². The summed E-state index contributed by atoms with van der Waals surface area (Å²) in [7, 11) is 0. The highest BCUT2D eigenvalue weighted by Gasteiger charge is 2.08. The molecule has 0 radical (unpaired) electrons. The molecule has 2 aromatic carbocycles. The van der Waals surface area contributed by atoms with Gasteiger partial charge in [0, 0.05) is 17.3 Å². The molecule has 17 heavy (non-hydrogen) atoms. The van der Waals surface area contributed by atoms with Crippen molar-refractivity contribution in [2.75, 3.05) is 5.73 Å². The summed E-state index contributed by atoms with van der Waals surface area (Å²) in [5.74, 6) is -0.964. The first-order valence-corrected chi connectivity index (χ1v) is 5.00. The van der Waals surface area contributed by atoms with Crippen molar-refractivity contribution in [3.8, 4) is 16.9 Å². The van der Waals surface area contributed by atoms with Crippen molar-refractivity contribution in [1.29, 1.82) is 0 Å². The Morgan fingerprint density at radius 3 is 2.53 bits per heavy atom. The van der Waals surface area contributed by atoms with E-state index in [1.807, 2.05) is 0 Å². The van der Waals surface area contributed by atoms with Crippen LogP contribution in [0, 0.1) is 0 Å². The average Bonchev–Trinajstić information content (AvgIpc) is 2.29. The summed E-state index contributed by atoms with van der Waals surface area (Å²) in [6, 6.07) is 11.1. The Morgan fingerprint density at radius 1 is 1.12 bits per heavy atom. The zero-order valence-electron chi connectivity index (χ0n) is 8.92. The fraction of sp³-hybridized carbons (Fsp3) is 0. The van der Waals surface area contributed by atoms with E-state index in [0.717, 1.165) is 0 Å². The van der Waals surface area contributed by atoms with Crippen LogP contribution in [0.1, 0.15) is 10.4 Å². The number of aromatic carboxylic acids is 1. The lowest BCUT2D eigenvalue weighted by atomic mass is 10.0. The molecule has 4 nitrogen and oxygen atoms in total. The highest BCUT2D eigenvalue weighted by atomic mass is 16.4. The number of rotatable bonds is 2. The zero-order chi connectivity index (χ0) is 12.4. The van der Waals surface area contributed by atoms with Crippen LogP contribution in [0.3, 0.4) is 0 Å². The second-order valence-corrected chi connectivity index (χ2v) is 3.66. The van der Waals surface area contributed by atoms with Crippen molar-refractivity contribution in [2.24, 2.45) is 0 Å². The number of benzene rings is 2. The molecule has 0 aliphatic carbocycles. The molecule has 0 aromatic heterocycles. The first-order valence-electron chi connectivity index (χ1n) is 5.00. The van der Waals surface area contributed by atoms with Crippen LogP contribution in [0.2, 0.25) is 0 Å². The molecule has 2 aromatic rings. The Balaban J connectivity index is 2.53. The van der Waals surface area contributed by atoms with Gasteiger partial charge in [0.25, 0.3) is 0 Å². The van der Waals surface area contributed by atoms with Crippen molar-refractivity contribution >= 4 is 11.7 Å². The quantitative estimate of drug-likeness (QED) is 0.690. The maximum absolute atomic E-state index is 10.8. The Kier molecular flexibility index (Phi) is 2.70. The van der Waals surface area contributed by atoms with E-state index < -0.39 is 5.97 Å². The predicted octanol–water partition coefficient (Wildman–Crippen LogP) is 2.34. The standard InChI is InChI=1S/C13H11NO3/c14-10-4-5-11(12(15)7-10)8-2-1-3-9(6-8)13(16)17/h1-7,15H,14H2,(H,16,17). The molecular weight excluding hydrogens is 218 g/mol. The highest BCUT2D eigenvalue weighted by molar-refractivity contribution is 5.89. The second-order valence-electron chi connectivity index (χ2n) is 3.66. The maximum atomic E-state index is 10.8. The summed E-state index contributed by atoms with van der Waals surface area (Å²) in [6.07, 6.45) is 0. The van der Waals surface area contributed by atoms with Gasteiger partial charge in [0.15, 0.2) is 0 Å². The van der Waals surface area contributed by atoms with Gasteiger partial charge in [0.05, 0.1) is 5.56 Å². The van der Waals surface area contributed by atoms with Crippen molar-refractivity contribution < 1.29 is 15.0 Å². The average molecular weight is 229 g/mol. The number of phenols is 1. The summed E-state index contributed by atoms with van der Waals surface area (Å²) in [6.45, 7) is 0. The Hall–Kier alpha value is -2.49. The molecule has 0 aliphatic rings. The van der Waals surface area contributed by atoms with Crippen molar-refractivity contribution in [1.82, 2.24) is 0 Å². The monoisotopic (exact) mass is 229 g/mol. The molecule has 0 amide bonds. The van der Waals surface area contributed by atoms with Gasteiger partial charge in [-0.05, 0) is 29.8 Å². The molecule has 0 aliphatic heterocycles. The summed E-state index contributed by atoms with van der Waals surface area (Å²) >= 11 is 0. The van der Waals surface area contributed by atoms with Gasteiger partial charge in [-0.3, -0.25) is 0 Å². The van der Waals surface area contributed by atoms with E-state index in [0.29, 0.717) is 16.8 Å². The van der Waals surface area contributed by atoms with Crippen molar-refractivity contribution in [2.45, 2.75) is 0 Å². The minimum atomic E-state index is -0.998. The van der Waals surface area contributed by atoms with Crippen molar-refractivity contribution in [3.63, 3.8) is 0 Å². The van der Waals surface area contributed by atoms with Gasteiger partial charge >= 0.3 is 5.97 Å². The number of carbonyl (C=O) groups is 1. The number of hydrogen-bond donors (Lipinski definition) is 3. The lowest BCUT2D eigenvalue weighted by molar-refractivity contribution is 0.0697. The van der Waals surface area contributed by atoms with Gasteiger partial charge in [-0.25, -0.2) is 4.79 Å². The van der Waals surface area contributed by atoms with E-state index in [1.54, 1.807) is 24.3 Å². The van der Waals surface area contributed by atoms with Crippen LogP contribution < -0.4 is 5.73 Å². The van der Waals surface area contributed by atoms with Crippen LogP contribution in [0.4, 0.5) is 5.69 Å². The zero-order valence-corrected chi connectivity index (χ0v) is 8.92. The molecule has 4 heteroatoms. The molecule has 86 valence electrons. The number of phenolic OH excluding ortho intramolecular Hbond substituents is 1. The smallest absolute Gasteiger partial charge is 0.335 e. The normalized spacial score (nSPS) is 10.1. The van der Waals surface area contributed by atoms with E-state index in [2.05, 4.69) is 0 Å². The molecular formula is C13H11NO3. The largest absolute Gasteiger partial charge is 0.507 e. The van der Waals surface area contributed by atoms with Crippen molar-refractivity contribution in [3.05, 3.63) is 48.0 Å². The fourth-order valence-electron chi connectivity index (χ4n) is 1.61. The summed E-state index contributed by atoms with van der Waals surface area (Å²) in [4.78, 5) is 10.8. The van der Waals surface area contributed by atoms with Gasteiger partial charge in [-0.15, -0.1) is 0 Å². The lowest BCUT2D eigenvalue weighted by Crippen LogP contribution is -1.95. The molecule has 0 heterocycles. The molecule has 0 fully saturated rings. The van der Waals surface area contributed by atoms with E-state index in [4.69, 9.17) is 10.8 Å². The number of carboxylic acid groups (broad SMARTS) is 1. The summed E-state index contributed by atoms with van der Waals surface area (Å²) in [5, 5.41) is 18.6. The molecule has 4 N–H and O–H groups in total. The fourth-order valence-corrected chi connectivity index (χ4v) is 1.61. The molecule has 0 bridgehead atoms. The molecule has 2 rings (SSSR count). The third-order valence-corrected chi connectivity index (χ3v) is 2.44. The predicted molar refractivity (Wildman–Crippen MR) is 64.9 cm³/mol. The molecule has 0 spiro atoms. The summed E-state index contributed by atoms with van der Waals surface area (Å²) < 4.78 is 0. The van der Waals surface area contributed by atoms with E-state index in [-0.39, 0.29) is 11.3 Å². The maximum Gasteiger partial charge on any atom is 0.335 e. The lowest BCUT2D eigenvalue weighted by Gasteiger charge is -2.06. The minimum Gasteiger partial charge on any atom is -0.507 e. The Morgan fingerprint density at radius 2 is 1.88 bits per heavy atom. The highest BCUT2D eigenvalue weighted by Crippen LogP contribution is 2.31. The third-order valence-electron chi connectivity index (χ3n) is 2.44. The first kappa shape index (κ1) is 11.0. The van der Waals surface area contributed by atoms with Gasteiger partial charge in [-0.2, -0.15) is 0 Å². The van der Waals surface area contributed by atoms with E-state index in [1.165, 1.54) is 18.2 Å². The van der Waals surface area contributed by atoms with Gasteiger partial charge in [0.2, 0.25) is 0 Å². The molecule has 0 atom stereocenters. The van der Waals surface area contributed by atoms with Crippen LogP contribution in [0.15, 0.2) is 42.5 Å². The summed E-state index contributed by atoms with van der Waals surface area (Å²) in [5.41, 5.74) is 7.37. The van der Waals surface area contributed by atoms with E-state index in [9.17, 15) is 9.90 Å². The van der Waals surface area contributed by atoms with Gasteiger partial charge < -0.3 is 15.9 Å². The van der Waals surface area contributed by atoms with Crippen LogP contribution in [-0.2, 0) is 0 Å². The van der Waals surface area contributed by atoms with Gasteiger partial charge in [-0.1, -0.05) is 12.1 Å². The molecule has 0 saturated carbocycles. The number of hydrogen-bond acceptors (Lipinski definition) is 3. The van der Waals surface area contributed by atoms with Crippen LogP contribution in [-0.4, -0.2) is 16.2 Å². The van der Waals surface area contributed by atoms with E-state index >= 15 is 0 Å². The Bertz CT molecular complexity index is 579. The Labute approximate surface area is 97.9 Å². The van der Waals surface area contributed by atoms with Crippen LogP contribution in [0.25, 0.3) is 11.1 Å². The number of nitrogens with two attached hydrogens (primary N) is 1. The molecule has 0 unspecified atom stereocenters. The number of aromatic hydroxyl groups is 1. The second kappa shape index (κ2) is 4.17. The third kappa shape index (κ3) is 2.20. The number of carboxylic acids is 1.